The van der Waals surface area contributed by atoms with Crippen molar-refractivity contribution >= 4 is 38.6 Å². The van der Waals surface area contributed by atoms with Crippen LogP contribution < -0.4 is 0 Å². The molecule has 154 valence electrons. The monoisotopic (exact) mass is 431 g/mol. The van der Waals surface area contributed by atoms with E-state index in [1.165, 1.54) is 16.1 Å². The molecule has 29 heavy (non-hydrogen) atoms. The first kappa shape index (κ1) is 21.5. The molecule has 1 aromatic heterocycles. The van der Waals surface area contributed by atoms with Crippen LogP contribution in [0.1, 0.15) is 31.1 Å². The van der Waals surface area contributed by atoms with Gasteiger partial charge in [0.15, 0.2) is 10.9 Å². The Morgan fingerprint density at radius 1 is 1.07 bits per heavy atom. The Balaban J connectivity index is 1.90. The summed E-state index contributed by atoms with van der Waals surface area (Å²) in [5.74, 6) is 0.313. The molecule has 3 aromatic rings. The van der Waals surface area contributed by atoms with Gasteiger partial charge in [-0.2, -0.15) is 4.31 Å². The zero-order chi connectivity index (χ0) is 21.0. The molecule has 0 saturated heterocycles. The molecule has 0 bridgehead atoms. The maximum Gasteiger partial charge on any atom is 0.243 e. The minimum absolute atomic E-state index is 0.0371. The smallest absolute Gasteiger partial charge is 0.243 e. The Morgan fingerprint density at radius 3 is 2.38 bits per heavy atom. The fourth-order valence-electron chi connectivity index (χ4n) is 3.21. The zero-order valence-electron chi connectivity index (χ0n) is 16.8. The molecule has 0 N–H and O–H groups in total. The number of benzene rings is 2. The third-order valence-corrected chi connectivity index (χ3v) is 7.79. The number of rotatable bonds is 9. The number of aryl methyl sites for hydroxylation is 1. The van der Waals surface area contributed by atoms with Crippen LogP contribution in [-0.2, 0) is 16.6 Å². The average molecular weight is 432 g/mol. The van der Waals surface area contributed by atoms with Crippen molar-refractivity contribution in [2.24, 2.45) is 0 Å². The van der Waals surface area contributed by atoms with E-state index in [4.69, 9.17) is 0 Å². The highest BCUT2D eigenvalue weighted by Crippen LogP contribution is 2.27. The van der Waals surface area contributed by atoms with Crippen molar-refractivity contribution in [3.8, 4) is 0 Å². The van der Waals surface area contributed by atoms with Crippen LogP contribution in [-0.4, -0.2) is 46.9 Å². The molecule has 0 radical (unpaired) electrons. The van der Waals surface area contributed by atoms with Crippen LogP contribution in [0, 0.1) is 0 Å². The van der Waals surface area contributed by atoms with Gasteiger partial charge in [-0.05, 0) is 25.1 Å². The van der Waals surface area contributed by atoms with Gasteiger partial charge >= 0.3 is 0 Å². The van der Waals surface area contributed by atoms with Crippen LogP contribution in [0.15, 0.2) is 58.6 Å². The lowest BCUT2D eigenvalue weighted by molar-refractivity contribution is 0.102. The van der Waals surface area contributed by atoms with Crippen LogP contribution in [0.3, 0.4) is 0 Å². The number of carbonyl (C=O) groups excluding carboxylic acids is 1. The predicted molar refractivity (Wildman–Crippen MR) is 117 cm³/mol. The molecule has 2 aromatic carbocycles. The van der Waals surface area contributed by atoms with Crippen LogP contribution >= 0.6 is 11.8 Å². The van der Waals surface area contributed by atoms with Gasteiger partial charge in [0.1, 0.15) is 0 Å². The average Bonchev–Trinajstić information content (AvgIpc) is 3.10. The minimum Gasteiger partial charge on any atom is -0.319 e. The summed E-state index contributed by atoms with van der Waals surface area (Å²) in [5.41, 5.74) is 2.15. The maximum absolute atomic E-state index is 12.8. The fraction of sp³-hybridized carbons (Fsp3) is 0.333. The number of hydrogen-bond donors (Lipinski definition) is 0. The highest BCUT2D eigenvalue weighted by Gasteiger charge is 2.23. The van der Waals surface area contributed by atoms with E-state index in [0.717, 1.165) is 5.52 Å². The number of imidazole rings is 1. The normalized spacial score (nSPS) is 12.0. The van der Waals surface area contributed by atoms with Crippen molar-refractivity contribution < 1.29 is 13.2 Å². The van der Waals surface area contributed by atoms with Crippen molar-refractivity contribution in [1.82, 2.24) is 13.9 Å². The number of fused-ring (bicyclic) bond motifs is 1. The summed E-state index contributed by atoms with van der Waals surface area (Å²) in [7, 11) is -3.54. The SMILES string of the molecule is CCN(CC)S(=O)(=O)c1ccc2c(c1)nc(SCC(=O)c1ccccc1)n2CC. The molecule has 0 atom stereocenters. The molecule has 0 spiro atoms. The summed E-state index contributed by atoms with van der Waals surface area (Å²) in [6, 6.07) is 14.2. The Morgan fingerprint density at radius 2 is 1.76 bits per heavy atom. The topological polar surface area (TPSA) is 72.3 Å². The number of aromatic nitrogens is 2. The van der Waals surface area contributed by atoms with E-state index in [2.05, 4.69) is 4.98 Å². The first-order valence-corrected chi connectivity index (χ1v) is 12.1. The van der Waals surface area contributed by atoms with Gasteiger partial charge < -0.3 is 4.57 Å². The third-order valence-electron chi connectivity index (χ3n) is 4.77. The van der Waals surface area contributed by atoms with Crippen molar-refractivity contribution in [3.63, 3.8) is 0 Å². The zero-order valence-corrected chi connectivity index (χ0v) is 18.5. The van der Waals surface area contributed by atoms with Crippen molar-refractivity contribution in [1.29, 1.82) is 0 Å². The van der Waals surface area contributed by atoms with Gasteiger partial charge in [0.05, 0.1) is 21.7 Å². The molecule has 3 rings (SSSR count). The lowest BCUT2D eigenvalue weighted by Gasteiger charge is -2.18. The molecular formula is C21H25N3O3S2. The molecule has 0 fully saturated rings. The summed E-state index contributed by atoms with van der Waals surface area (Å²) >= 11 is 1.37. The first-order chi connectivity index (χ1) is 13.9. The summed E-state index contributed by atoms with van der Waals surface area (Å²) in [5, 5.41) is 0.712. The summed E-state index contributed by atoms with van der Waals surface area (Å²) in [6.45, 7) is 7.17. The van der Waals surface area contributed by atoms with E-state index in [0.29, 0.717) is 35.9 Å². The minimum atomic E-state index is -3.54. The van der Waals surface area contributed by atoms with Crippen molar-refractivity contribution in [2.75, 3.05) is 18.8 Å². The summed E-state index contributed by atoms with van der Waals surface area (Å²) in [6.07, 6.45) is 0. The Bertz CT molecular complexity index is 1100. The van der Waals surface area contributed by atoms with Gasteiger partial charge in [-0.3, -0.25) is 4.79 Å². The molecule has 6 nitrogen and oxygen atoms in total. The molecule has 8 heteroatoms. The first-order valence-electron chi connectivity index (χ1n) is 9.63. The lowest BCUT2D eigenvalue weighted by atomic mass is 10.2. The van der Waals surface area contributed by atoms with Crippen LogP contribution in [0.4, 0.5) is 0 Å². The van der Waals surface area contributed by atoms with Gasteiger partial charge in [-0.25, -0.2) is 13.4 Å². The number of ketones is 1. The highest BCUT2D eigenvalue weighted by molar-refractivity contribution is 7.99. The number of sulfonamides is 1. The molecule has 0 unspecified atom stereocenters. The van der Waals surface area contributed by atoms with E-state index >= 15 is 0 Å². The number of carbonyl (C=O) groups is 1. The van der Waals surface area contributed by atoms with Gasteiger partial charge in [0.25, 0.3) is 0 Å². The third kappa shape index (κ3) is 4.39. The maximum atomic E-state index is 12.8. The summed E-state index contributed by atoms with van der Waals surface area (Å²) in [4.78, 5) is 17.3. The van der Waals surface area contributed by atoms with Gasteiger partial charge in [0, 0.05) is 25.2 Å². The van der Waals surface area contributed by atoms with Gasteiger partial charge in [-0.15, -0.1) is 0 Å². The van der Waals surface area contributed by atoms with E-state index in [9.17, 15) is 13.2 Å². The number of hydrogen-bond acceptors (Lipinski definition) is 5. The molecule has 0 aliphatic rings. The second-order valence-electron chi connectivity index (χ2n) is 6.46. The Kier molecular flexibility index (Phi) is 6.77. The Hall–Kier alpha value is -2.16. The standard InChI is InChI=1S/C21H25N3O3S2/c1-4-23(5-2)29(26,27)17-12-13-19-18(14-17)22-21(24(19)6-3)28-15-20(25)16-10-8-7-9-11-16/h7-14H,4-6,15H2,1-3H3. The second kappa shape index (κ2) is 9.11. The largest absolute Gasteiger partial charge is 0.319 e. The fourth-order valence-corrected chi connectivity index (χ4v) is 5.67. The number of nitrogens with zero attached hydrogens (tertiary/aromatic N) is 3. The lowest BCUT2D eigenvalue weighted by Crippen LogP contribution is -2.30. The van der Waals surface area contributed by atoms with E-state index in [1.54, 1.807) is 30.3 Å². The van der Waals surface area contributed by atoms with Crippen LogP contribution in [0.2, 0.25) is 0 Å². The second-order valence-corrected chi connectivity index (χ2v) is 9.34. The summed E-state index contributed by atoms with van der Waals surface area (Å²) < 4.78 is 29.1. The molecule has 0 aliphatic carbocycles. The Labute approximate surface area is 176 Å². The number of thioether (sulfide) groups is 1. The van der Waals surface area contributed by atoms with E-state index in [1.807, 2.05) is 43.5 Å². The quantitative estimate of drug-likeness (QED) is 0.377. The molecule has 1 heterocycles. The highest BCUT2D eigenvalue weighted by atomic mass is 32.2. The molecule has 0 amide bonds. The van der Waals surface area contributed by atoms with Crippen molar-refractivity contribution in [3.05, 3.63) is 54.1 Å². The molecular weight excluding hydrogens is 406 g/mol. The molecule has 0 aliphatic heterocycles. The van der Waals surface area contributed by atoms with Gasteiger partial charge in [-0.1, -0.05) is 55.9 Å². The number of Topliss-reactive ketones (excluding diaryl/α,β-unsaturated/α-hetero) is 1. The van der Waals surface area contributed by atoms with Crippen LogP contribution in [0.5, 0.6) is 0 Å². The van der Waals surface area contributed by atoms with E-state index in [-0.39, 0.29) is 16.4 Å². The predicted octanol–water partition coefficient (Wildman–Crippen LogP) is 4.06. The van der Waals surface area contributed by atoms with Crippen molar-refractivity contribution in [2.45, 2.75) is 37.4 Å². The van der Waals surface area contributed by atoms with Gasteiger partial charge in [0.2, 0.25) is 10.0 Å². The molecule has 0 saturated carbocycles. The van der Waals surface area contributed by atoms with E-state index < -0.39 is 10.0 Å². The van der Waals surface area contributed by atoms with Crippen LogP contribution in [0.25, 0.3) is 11.0 Å².